The maximum absolute atomic E-state index is 13.6. The lowest BCUT2D eigenvalue weighted by Gasteiger charge is -2.39. The van der Waals surface area contributed by atoms with Crippen LogP contribution in [-0.2, 0) is 26.9 Å². The van der Waals surface area contributed by atoms with E-state index in [1.807, 2.05) is 0 Å². The van der Waals surface area contributed by atoms with Crippen LogP contribution in [0.3, 0.4) is 0 Å². The van der Waals surface area contributed by atoms with Crippen LogP contribution in [0.5, 0.6) is 0 Å². The van der Waals surface area contributed by atoms with E-state index < -0.39 is 45.4 Å². The lowest BCUT2D eigenvalue weighted by atomic mass is 9.87. The van der Waals surface area contributed by atoms with E-state index in [1.54, 1.807) is 13.8 Å². The summed E-state index contributed by atoms with van der Waals surface area (Å²) in [5, 5.41) is 13.6. The van der Waals surface area contributed by atoms with Crippen molar-refractivity contribution >= 4 is 21.4 Å². The third-order valence-corrected chi connectivity index (χ3v) is 7.77. The van der Waals surface area contributed by atoms with E-state index in [1.165, 1.54) is 0 Å². The number of nitrogens with zero attached hydrogens (tertiary/aromatic N) is 2. The molecule has 0 amide bonds. The first-order valence-electron chi connectivity index (χ1n) is 11.0. The van der Waals surface area contributed by atoms with Gasteiger partial charge in [0.1, 0.15) is 12.4 Å². The fourth-order valence-corrected chi connectivity index (χ4v) is 5.85. The van der Waals surface area contributed by atoms with Gasteiger partial charge in [0.2, 0.25) is 0 Å². The number of hydrogen-bond acceptors (Lipinski definition) is 5. The largest absolute Gasteiger partial charge is 0.430 e. The molecule has 3 rings (SSSR count). The van der Waals surface area contributed by atoms with E-state index in [4.69, 9.17) is 4.84 Å². The number of anilines is 1. The normalized spacial score (nSPS) is 17.5. The van der Waals surface area contributed by atoms with Crippen LogP contribution in [0, 0.1) is 5.82 Å². The molecule has 1 N–H and O–H groups in total. The van der Waals surface area contributed by atoms with Crippen molar-refractivity contribution in [1.29, 1.82) is 0 Å². The standard InChI is InChI=1S/C23H23F7N2O4S/c1-3-36-31-14(2)12-18-8-4-15-13-16(21(33,22(25,26)27)23(28,29)30)5-11-20(15)32(18)37(34,35)19-9-6-17(24)7-10-19/h5-7,9-11,13,18,33H,3-4,8,12H2,1-2H3/t18-/m0/s1. The number of halogens is 7. The summed E-state index contributed by atoms with van der Waals surface area (Å²) < 4.78 is 122. The maximum atomic E-state index is 13.6. The summed E-state index contributed by atoms with van der Waals surface area (Å²) in [6.07, 6.45) is -12.2. The number of hydrogen-bond donors (Lipinski definition) is 1. The molecule has 2 aromatic rings. The van der Waals surface area contributed by atoms with Crippen LogP contribution in [0.4, 0.5) is 36.4 Å². The van der Waals surface area contributed by atoms with Crippen LogP contribution in [0.2, 0.25) is 0 Å². The maximum Gasteiger partial charge on any atom is 0.430 e. The van der Waals surface area contributed by atoms with Crippen molar-refractivity contribution in [2.45, 2.75) is 62.0 Å². The molecule has 0 unspecified atom stereocenters. The fraction of sp³-hybridized carbons (Fsp3) is 0.435. The molecule has 1 aliphatic rings. The summed E-state index contributed by atoms with van der Waals surface area (Å²) in [6.45, 7) is 3.50. The molecule has 37 heavy (non-hydrogen) atoms. The van der Waals surface area contributed by atoms with Crippen molar-refractivity contribution in [3.63, 3.8) is 0 Å². The number of alkyl halides is 6. The average molecular weight is 557 g/mol. The molecule has 2 aromatic carbocycles. The Labute approximate surface area is 208 Å². The molecule has 204 valence electrons. The summed E-state index contributed by atoms with van der Waals surface area (Å²) in [6, 6.07) is 4.69. The van der Waals surface area contributed by atoms with Crippen molar-refractivity contribution in [2.75, 3.05) is 10.9 Å². The summed E-state index contributed by atoms with van der Waals surface area (Å²) in [5.74, 6) is -0.711. The Morgan fingerprint density at radius 3 is 2.22 bits per heavy atom. The van der Waals surface area contributed by atoms with Gasteiger partial charge in [-0.3, -0.25) is 4.31 Å². The van der Waals surface area contributed by atoms with Crippen LogP contribution >= 0.6 is 0 Å². The fourth-order valence-electron chi connectivity index (χ4n) is 4.13. The minimum atomic E-state index is -6.09. The second-order valence-corrected chi connectivity index (χ2v) is 10.3. The number of aliphatic hydroxyl groups is 1. The van der Waals surface area contributed by atoms with E-state index in [9.17, 15) is 44.3 Å². The molecule has 0 fully saturated rings. The van der Waals surface area contributed by atoms with Crippen molar-refractivity contribution in [1.82, 2.24) is 0 Å². The van der Waals surface area contributed by atoms with E-state index in [-0.39, 0.29) is 42.0 Å². The first-order valence-corrected chi connectivity index (χ1v) is 12.4. The Morgan fingerprint density at radius 2 is 1.68 bits per heavy atom. The molecule has 1 atom stereocenters. The van der Waals surface area contributed by atoms with Gasteiger partial charge in [-0.05, 0) is 62.6 Å². The average Bonchev–Trinajstić information content (AvgIpc) is 2.80. The van der Waals surface area contributed by atoms with Crippen LogP contribution in [0.25, 0.3) is 0 Å². The highest BCUT2D eigenvalue weighted by Gasteiger charge is 2.71. The molecular formula is C23H23F7N2O4S. The molecule has 0 radical (unpaired) electrons. The Morgan fingerprint density at radius 1 is 1.08 bits per heavy atom. The third kappa shape index (κ3) is 5.40. The van der Waals surface area contributed by atoms with E-state index in [0.29, 0.717) is 17.8 Å². The van der Waals surface area contributed by atoms with Gasteiger partial charge in [0.05, 0.1) is 22.3 Å². The molecule has 1 aliphatic heterocycles. The Hall–Kier alpha value is -2.87. The topological polar surface area (TPSA) is 79.2 Å². The van der Waals surface area contributed by atoms with E-state index >= 15 is 0 Å². The van der Waals surface area contributed by atoms with Gasteiger partial charge in [-0.25, -0.2) is 12.8 Å². The Balaban J connectivity index is 2.18. The zero-order chi connectivity index (χ0) is 27.8. The van der Waals surface area contributed by atoms with E-state index in [0.717, 1.165) is 34.6 Å². The molecular weight excluding hydrogens is 533 g/mol. The lowest BCUT2D eigenvalue weighted by Crippen LogP contribution is -2.54. The molecule has 0 saturated carbocycles. The van der Waals surface area contributed by atoms with Gasteiger partial charge in [0.25, 0.3) is 15.6 Å². The van der Waals surface area contributed by atoms with E-state index in [2.05, 4.69) is 5.16 Å². The number of rotatable bonds is 7. The Bertz CT molecular complexity index is 1250. The molecule has 14 heteroatoms. The van der Waals surface area contributed by atoms with Crippen molar-refractivity contribution in [2.24, 2.45) is 5.16 Å². The van der Waals surface area contributed by atoms with Crippen LogP contribution < -0.4 is 4.31 Å². The zero-order valence-electron chi connectivity index (χ0n) is 19.6. The quantitative estimate of drug-likeness (QED) is 0.280. The molecule has 0 spiro atoms. The SMILES string of the molecule is CCON=C(C)C[C@@H]1CCc2cc(C(O)(C(F)(F)F)C(F)(F)F)ccc2N1S(=O)(=O)c1ccc(F)cc1. The molecule has 0 bridgehead atoms. The summed E-state index contributed by atoms with van der Waals surface area (Å²) in [4.78, 5) is 4.64. The minimum absolute atomic E-state index is 0.00628. The lowest BCUT2D eigenvalue weighted by molar-refractivity contribution is -0.376. The Kier molecular flexibility index (Phi) is 7.85. The second kappa shape index (κ2) is 10.1. The molecule has 0 aliphatic carbocycles. The summed E-state index contributed by atoms with van der Waals surface area (Å²) >= 11 is 0. The minimum Gasteiger partial charge on any atom is -0.396 e. The van der Waals surface area contributed by atoms with Gasteiger partial charge >= 0.3 is 12.4 Å². The van der Waals surface area contributed by atoms with Gasteiger partial charge in [-0.2, -0.15) is 26.3 Å². The highest BCUT2D eigenvalue weighted by molar-refractivity contribution is 7.92. The van der Waals surface area contributed by atoms with Crippen molar-refractivity contribution < 1.29 is 49.1 Å². The zero-order valence-corrected chi connectivity index (χ0v) is 20.4. The summed E-state index contributed by atoms with van der Waals surface area (Å²) in [5.41, 5.74) is -6.56. The van der Waals surface area contributed by atoms with Crippen molar-refractivity contribution in [3.8, 4) is 0 Å². The van der Waals surface area contributed by atoms with Gasteiger partial charge in [-0.1, -0.05) is 17.3 Å². The van der Waals surface area contributed by atoms with Crippen molar-refractivity contribution in [3.05, 3.63) is 59.4 Å². The number of fused-ring (bicyclic) bond motifs is 1. The molecule has 1 heterocycles. The highest BCUT2D eigenvalue weighted by atomic mass is 32.2. The summed E-state index contributed by atoms with van der Waals surface area (Å²) in [7, 11) is -4.45. The second-order valence-electron chi connectivity index (χ2n) is 8.45. The van der Waals surface area contributed by atoms with Crippen LogP contribution in [-0.4, -0.2) is 44.2 Å². The smallest absolute Gasteiger partial charge is 0.396 e. The van der Waals surface area contributed by atoms with Gasteiger partial charge in [0.15, 0.2) is 0 Å². The first kappa shape index (κ1) is 28.7. The number of benzene rings is 2. The predicted octanol–water partition coefficient (Wildman–Crippen LogP) is 5.45. The number of aryl methyl sites for hydroxylation is 1. The third-order valence-electron chi connectivity index (χ3n) is 5.88. The van der Waals surface area contributed by atoms with Crippen LogP contribution in [0.1, 0.15) is 37.8 Å². The van der Waals surface area contributed by atoms with Gasteiger partial charge in [-0.15, -0.1) is 0 Å². The molecule has 0 saturated heterocycles. The predicted molar refractivity (Wildman–Crippen MR) is 120 cm³/mol. The van der Waals surface area contributed by atoms with Gasteiger partial charge < -0.3 is 9.94 Å². The highest BCUT2D eigenvalue weighted by Crippen LogP contribution is 2.51. The number of oxime groups is 1. The molecule has 0 aromatic heterocycles. The number of sulfonamides is 1. The first-order chi connectivity index (χ1) is 17.0. The van der Waals surface area contributed by atoms with Gasteiger partial charge in [0, 0.05) is 12.0 Å². The molecule has 6 nitrogen and oxygen atoms in total. The monoisotopic (exact) mass is 556 g/mol. The van der Waals surface area contributed by atoms with Crippen LogP contribution in [0.15, 0.2) is 52.5 Å².